The van der Waals surface area contributed by atoms with Crippen molar-refractivity contribution >= 4 is 29.0 Å². The van der Waals surface area contributed by atoms with E-state index >= 15 is 0 Å². The molecule has 0 spiro atoms. The molecule has 0 radical (unpaired) electrons. The Bertz CT molecular complexity index is 505. The number of hydrogen-bond donors (Lipinski definition) is 0. The molecule has 0 bridgehead atoms. The largest absolute Gasteiger partial charge is 0.353 e. The third kappa shape index (κ3) is 3.01. The van der Waals surface area contributed by atoms with Crippen molar-refractivity contribution in [1.82, 2.24) is 20.2 Å². The zero-order chi connectivity index (χ0) is 12.3. The van der Waals surface area contributed by atoms with E-state index in [9.17, 15) is 0 Å². The maximum absolute atomic E-state index is 5.91. The maximum Gasteiger partial charge on any atom is 0.245 e. The molecule has 0 saturated carbocycles. The maximum atomic E-state index is 5.91. The molecule has 2 aromatic heterocycles. The number of aromatic nitrogens is 4. The highest BCUT2D eigenvalue weighted by Crippen LogP contribution is 2.21. The second-order valence-corrected chi connectivity index (χ2v) is 4.10. The fourth-order valence-corrected chi connectivity index (χ4v) is 1.71. The number of rotatable bonds is 3. The smallest absolute Gasteiger partial charge is 0.245 e. The van der Waals surface area contributed by atoms with Gasteiger partial charge in [0.15, 0.2) is 11.0 Å². The molecule has 0 aromatic carbocycles. The second-order valence-electron chi connectivity index (χ2n) is 3.41. The summed E-state index contributed by atoms with van der Waals surface area (Å²) >= 11 is 11.6. The van der Waals surface area contributed by atoms with E-state index in [1.165, 1.54) is 0 Å². The highest BCUT2D eigenvalue weighted by atomic mass is 35.5. The van der Waals surface area contributed by atoms with E-state index in [0.717, 1.165) is 5.56 Å². The standard InChI is InChI=1S/C10H9Cl2N5/c1-17(6-7-2-4-13-5-3-7)9-8(11)15-16-10(12)14-9/h2-5H,6H2,1H3. The first kappa shape index (κ1) is 12.0. The second kappa shape index (κ2) is 5.25. The highest BCUT2D eigenvalue weighted by molar-refractivity contribution is 6.32. The summed E-state index contributed by atoms with van der Waals surface area (Å²) in [6.07, 6.45) is 3.46. The van der Waals surface area contributed by atoms with Gasteiger partial charge in [0.05, 0.1) is 0 Å². The van der Waals surface area contributed by atoms with Gasteiger partial charge in [0.2, 0.25) is 5.28 Å². The van der Waals surface area contributed by atoms with E-state index in [-0.39, 0.29) is 10.4 Å². The lowest BCUT2D eigenvalue weighted by Crippen LogP contribution is -2.19. The summed E-state index contributed by atoms with van der Waals surface area (Å²) in [6, 6.07) is 3.83. The molecule has 0 aliphatic rings. The predicted molar refractivity (Wildman–Crippen MR) is 66.2 cm³/mol. The lowest BCUT2D eigenvalue weighted by molar-refractivity contribution is 0.861. The third-order valence-corrected chi connectivity index (χ3v) is 2.54. The van der Waals surface area contributed by atoms with Crippen molar-refractivity contribution in [2.75, 3.05) is 11.9 Å². The van der Waals surface area contributed by atoms with Gasteiger partial charge < -0.3 is 4.90 Å². The van der Waals surface area contributed by atoms with Crippen LogP contribution in [0.4, 0.5) is 5.82 Å². The van der Waals surface area contributed by atoms with Crippen molar-refractivity contribution < 1.29 is 0 Å². The van der Waals surface area contributed by atoms with Gasteiger partial charge in [0.25, 0.3) is 0 Å². The molecule has 2 aromatic rings. The van der Waals surface area contributed by atoms with Crippen molar-refractivity contribution in [3.05, 3.63) is 40.5 Å². The SMILES string of the molecule is CN(Cc1ccncc1)c1nc(Cl)nnc1Cl. The topological polar surface area (TPSA) is 54.8 Å². The molecule has 0 aliphatic heterocycles. The molecule has 17 heavy (non-hydrogen) atoms. The summed E-state index contributed by atoms with van der Waals surface area (Å²) in [5.74, 6) is 0.503. The average Bonchev–Trinajstić information content (AvgIpc) is 2.33. The molecule has 0 N–H and O–H groups in total. The van der Waals surface area contributed by atoms with Crippen molar-refractivity contribution in [3.8, 4) is 0 Å². The van der Waals surface area contributed by atoms with Crippen molar-refractivity contribution in [3.63, 3.8) is 0 Å². The van der Waals surface area contributed by atoms with Crippen LogP contribution in [-0.2, 0) is 6.54 Å². The highest BCUT2D eigenvalue weighted by Gasteiger charge is 2.11. The lowest BCUT2D eigenvalue weighted by Gasteiger charge is -2.18. The van der Waals surface area contributed by atoms with Crippen molar-refractivity contribution in [1.29, 1.82) is 0 Å². The van der Waals surface area contributed by atoms with E-state index in [4.69, 9.17) is 23.2 Å². The number of hydrogen-bond acceptors (Lipinski definition) is 5. The molecule has 0 atom stereocenters. The van der Waals surface area contributed by atoms with Crippen LogP contribution >= 0.6 is 23.2 Å². The van der Waals surface area contributed by atoms with Crippen molar-refractivity contribution in [2.45, 2.75) is 6.54 Å². The van der Waals surface area contributed by atoms with Gasteiger partial charge >= 0.3 is 0 Å². The molecule has 0 fully saturated rings. The Balaban J connectivity index is 2.20. The third-order valence-electron chi connectivity index (χ3n) is 2.13. The van der Waals surface area contributed by atoms with E-state index in [1.807, 2.05) is 24.1 Å². The van der Waals surface area contributed by atoms with Crippen LogP contribution in [0.25, 0.3) is 0 Å². The molecule has 0 unspecified atom stereocenters. The Morgan fingerprint density at radius 2 is 1.88 bits per heavy atom. The van der Waals surface area contributed by atoms with E-state index in [2.05, 4.69) is 20.2 Å². The Kier molecular flexibility index (Phi) is 3.71. The van der Waals surface area contributed by atoms with Crippen LogP contribution in [-0.4, -0.2) is 27.2 Å². The summed E-state index contributed by atoms with van der Waals surface area (Å²) in [4.78, 5) is 9.84. The first-order chi connectivity index (χ1) is 8.16. The molecule has 5 nitrogen and oxygen atoms in total. The van der Waals surface area contributed by atoms with Gasteiger partial charge in [-0.3, -0.25) is 4.98 Å². The number of halogens is 2. The molecule has 0 saturated heterocycles. The molecule has 88 valence electrons. The molecule has 7 heteroatoms. The van der Waals surface area contributed by atoms with Crippen LogP contribution in [0.1, 0.15) is 5.56 Å². The number of anilines is 1. The minimum absolute atomic E-state index is 0.0750. The van der Waals surface area contributed by atoms with Gasteiger partial charge in [-0.2, -0.15) is 4.98 Å². The Hall–Kier alpha value is -1.46. The molecule has 2 heterocycles. The van der Waals surface area contributed by atoms with Crippen LogP contribution in [0.3, 0.4) is 0 Å². The van der Waals surface area contributed by atoms with Gasteiger partial charge in [0, 0.05) is 26.0 Å². The monoisotopic (exact) mass is 269 g/mol. The van der Waals surface area contributed by atoms with Crippen molar-refractivity contribution in [2.24, 2.45) is 0 Å². The summed E-state index contributed by atoms with van der Waals surface area (Å²) in [7, 11) is 1.85. The van der Waals surface area contributed by atoms with Crippen LogP contribution in [0.15, 0.2) is 24.5 Å². The summed E-state index contributed by atoms with van der Waals surface area (Å²) < 4.78 is 0. The van der Waals surface area contributed by atoms with Gasteiger partial charge in [0.1, 0.15) is 0 Å². The minimum atomic E-state index is 0.0750. The molecular weight excluding hydrogens is 261 g/mol. The fourth-order valence-electron chi connectivity index (χ4n) is 1.37. The van der Waals surface area contributed by atoms with E-state index < -0.39 is 0 Å². The number of nitrogens with zero attached hydrogens (tertiary/aromatic N) is 5. The van der Waals surface area contributed by atoms with Gasteiger partial charge in [-0.25, -0.2) is 0 Å². The van der Waals surface area contributed by atoms with Gasteiger partial charge in [-0.1, -0.05) is 11.6 Å². The number of pyridine rings is 1. The first-order valence-corrected chi connectivity index (χ1v) is 5.58. The van der Waals surface area contributed by atoms with Gasteiger partial charge in [-0.15, -0.1) is 10.2 Å². The van der Waals surface area contributed by atoms with Crippen LogP contribution < -0.4 is 4.90 Å². The predicted octanol–water partition coefficient (Wildman–Crippen LogP) is 2.21. The van der Waals surface area contributed by atoms with Gasteiger partial charge in [-0.05, 0) is 29.3 Å². The summed E-state index contributed by atoms with van der Waals surface area (Å²) in [5, 5.41) is 7.58. The van der Waals surface area contributed by atoms with Crippen LogP contribution in [0.2, 0.25) is 10.4 Å². The summed E-state index contributed by atoms with van der Waals surface area (Å²) in [6.45, 7) is 0.636. The average molecular weight is 270 g/mol. The Morgan fingerprint density at radius 3 is 2.59 bits per heavy atom. The zero-order valence-electron chi connectivity index (χ0n) is 9.01. The molecular formula is C10H9Cl2N5. The lowest BCUT2D eigenvalue weighted by atomic mass is 10.2. The Labute approximate surface area is 108 Å². The molecule has 0 amide bonds. The summed E-state index contributed by atoms with van der Waals surface area (Å²) in [5.41, 5.74) is 1.09. The van der Waals surface area contributed by atoms with E-state index in [0.29, 0.717) is 12.4 Å². The van der Waals surface area contributed by atoms with E-state index in [1.54, 1.807) is 12.4 Å². The van der Waals surface area contributed by atoms with Crippen LogP contribution in [0.5, 0.6) is 0 Å². The van der Waals surface area contributed by atoms with Crippen LogP contribution in [0, 0.1) is 0 Å². The molecule has 2 rings (SSSR count). The normalized spacial score (nSPS) is 10.3. The zero-order valence-corrected chi connectivity index (χ0v) is 10.5. The fraction of sp³-hybridized carbons (Fsp3) is 0.200. The quantitative estimate of drug-likeness (QED) is 0.855. The molecule has 0 aliphatic carbocycles. The first-order valence-electron chi connectivity index (χ1n) is 4.82. The minimum Gasteiger partial charge on any atom is -0.353 e. The Morgan fingerprint density at radius 1 is 1.18 bits per heavy atom.